The molecule has 0 saturated carbocycles. The number of rotatable bonds is 6. The van der Waals surface area contributed by atoms with Gasteiger partial charge in [0.1, 0.15) is 0 Å². The van der Waals surface area contributed by atoms with E-state index in [9.17, 15) is 18.3 Å². The average Bonchev–Trinajstić information content (AvgIpc) is 2.97. The number of carboxylic acids is 1. The molecule has 9 heteroatoms. The van der Waals surface area contributed by atoms with Crippen molar-refractivity contribution in [1.82, 2.24) is 10.2 Å². The summed E-state index contributed by atoms with van der Waals surface area (Å²) < 4.78 is 31.7. The van der Waals surface area contributed by atoms with Crippen molar-refractivity contribution in [3.8, 4) is 0 Å². The molecule has 1 aromatic rings. The molecule has 0 aliphatic carbocycles. The van der Waals surface area contributed by atoms with Crippen molar-refractivity contribution in [1.29, 1.82) is 0 Å². The second-order valence-corrected chi connectivity index (χ2v) is 7.04. The molecule has 1 unspecified atom stereocenters. The third-order valence-corrected chi connectivity index (χ3v) is 4.41. The van der Waals surface area contributed by atoms with Crippen molar-refractivity contribution in [3.63, 3.8) is 0 Å². The van der Waals surface area contributed by atoms with Gasteiger partial charge in [-0.25, -0.2) is 4.79 Å². The van der Waals surface area contributed by atoms with Gasteiger partial charge < -0.3 is 21.3 Å². The highest BCUT2D eigenvalue weighted by Crippen LogP contribution is 2.32. The fraction of sp³-hybridized carbons (Fsp3) is 0.611. The van der Waals surface area contributed by atoms with E-state index in [1.807, 2.05) is 20.0 Å². The Bertz CT molecular complexity index is 582. The molecule has 0 aromatic heterocycles. The lowest BCUT2D eigenvalue weighted by atomic mass is 9.89. The predicted octanol–water partition coefficient (Wildman–Crippen LogP) is 1.26. The Balaban J connectivity index is 0.000000445. The van der Waals surface area contributed by atoms with Gasteiger partial charge in [-0.3, -0.25) is 4.90 Å². The molecule has 1 fully saturated rings. The first kappa shape index (κ1) is 23.4. The van der Waals surface area contributed by atoms with Gasteiger partial charge in [-0.15, -0.1) is 0 Å². The highest BCUT2D eigenvalue weighted by Gasteiger charge is 2.38. The molecule has 1 aliphatic rings. The van der Waals surface area contributed by atoms with Gasteiger partial charge in [-0.05, 0) is 32.0 Å². The first-order chi connectivity index (χ1) is 12.5. The van der Waals surface area contributed by atoms with Crippen LogP contribution in [0.25, 0.3) is 0 Å². The number of nitrogens with zero attached hydrogens (tertiary/aromatic N) is 1. The number of alkyl halides is 3. The molecule has 6 nitrogen and oxygen atoms in total. The van der Waals surface area contributed by atoms with Gasteiger partial charge in [0, 0.05) is 32.1 Å². The number of halogens is 3. The Morgan fingerprint density at radius 3 is 2.30 bits per heavy atom. The van der Waals surface area contributed by atoms with Gasteiger partial charge in [0.2, 0.25) is 0 Å². The summed E-state index contributed by atoms with van der Waals surface area (Å²) in [5, 5.41) is 20.5. The number of aliphatic carboxylic acids is 1. The molecule has 154 valence electrons. The van der Waals surface area contributed by atoms with Crippen molar-refractivity contribution >= 4 is 5.97 Å². The number of carbonyl (C=O) groups is 1. The summed E-state index contributed by atoms with van der Waals surface area (Å²) in [4.78, 5) is 11.2. The van der Waals surface area contributed by atoms with Crippen LogP contribution >= 0.6 is 0 Å². The fourth-order valence-corrected chi connectivity index (χ4v) is 3.32. The van der Waals surface area contributed by atoms with Crippen LogP contribution in [0.15, 0.2) is 30.3 Å². The van der Waals surface area contributed by atoms with Gasteiger partial charge in [-0.2, -0.15) is 13.2 Å². The molecule has 5 N–H and O–H groups in total. The summed E-state index contributed by atoms with van der Waals surface area (Å²) >= 11 is 0. The van der Waals surface area contributed by atoms with Crippen LogP contribution in [0, 0.1) is 5.92 Å². The average molecular weight is 391 g/mol. The SMILES string of the molecule is CNCC(C)(O)CN1C[C@@H](CN)[C@H](c2ccccc2)C1.O=C(O)C(F)(F)F. The Kier molecular flexibility index (Phi) is 8.67. The van der Waals surface area contributed by atoms with Crippen LogP contribution in [0.2, 0.25) is 0 Å². The molecule has 0 amide bonds. The number of aliphatic hydroxyl groups is 1. The van der Waals surface area contributed by atoms with Crippen molar-refractivity contribution < 1.29 is 28.2 Å². The molecule has 27 heavy (non-hydrogen) atoms. The minimum atomic E-state index is -5.08. The summed E-state index contributed by atoms with van der Waals surface area (Å²) in [5.74, 6) is -1.80. The number of benzene rings is 1. The second kappa shape index (κ2) is 10.0. The maximum Gasteiger partial charge on any atom is 0.490 e. The summed E-state index contributed by atoms with van der Waals surface area (Å²) in [6.07, 6.45) is -5.08. The number of nitrogens with two attached hydrogens (primary N) is 1. The van der Waals surface area contributed by atoms with Gasteiger partial charge in [-0.1, -0.05) is 30.3 Å². The minimum absolute atomic E-state index is 0.475. The largest absolute Gasteiger partial charge is 0.490 e. The van der Waals surface area contributed by atoms with Crippen LogP contribution in [0.3, 0.4) is 0 Å². The highest BCUT2D eigenvalue weighted by atomic mass is 19.4. The number of hydrogen-bond acceptors (Lipinski definition) is 5. The zero-order chi connectivity index (χ0) is 20.7. The third-order valence-electron chi connectivity index (χ3n) is 4.41. The molecule has 3 atom stereocenters. The van der Waals surface area contributed by atoms with Gasteiger partial charge in [0.05, 0.1) is 5.60 Å². The summed E-state index contributed by atoms with van der Waals surface area (Å²) in [6, 6.07) is 10.6. The van der Waals surface area contributed by atoms with E-state index >= 15 is 0 Å². The van der Waals surface area contributed by atoms with Crippen LogP contribution < -0.4 is 11.1 Å². The number of hydrogen-bond donors (Lipinski definition) is 4. The quantitative estimate of drug-likeness (QED) is 0.583. The summed E-state index contributed by atoms with van der Waals surface area (Å²) in [6.45, 7) is 5.82. The topological polar surface area (TPSA) is 98.8 Å². The second-order valence-electron chi connectivity index (χ2n) is 7.04. The number of nitrogens with one attached hydrogen (secondary N) is 1. The maximum atomic E-state index is 10.6. The normalized spacial score (nSPS) is 22.6. The van der Waals surface area contributed by atoms with Crippen molar-refractivity contribution in [2.24, 2.45) is 11.7 Å². The standard InChI is InChI=1S/C16H27N3O.C2HF3O2/c1-16(20,11-18-2)12-19-9-14(8-17)15(10-19)13-6-4-3-5-7-13;3-2(4,5)1(6)7/h3-7,14-15,18,20H,8-12,17H2,1-2H3;(H,6,7)/t14-,15+,16?;/m1./s1. The van der Waals surface area contributed by atoms with Crippen LogP contribution in [-0.2, 0) is 4.79 Å². The van der Waals surface area contributed by atoms with Crippen LogP contribution in [-0.4, -0.2) is 72.6 Å². The highest BCUT2D eigenvalue weighted by molar-refractivity contribution is 5.73. The lowest BCUT2D eigenvalue weighted by molar-refractivity contribution is -0.192. The fourth-order valence-electron chi connectivity index (χ4n) is 3.32. The first-order valence-electron chi connectivity index (χ1n) is 8.64. The van der Waals surface area contributed by atoms with Crippen molar-refractivity contribution in [2.45, 2.75) is 24.6 Å². The number of carboxylic acid groups (broad SMARTS) is 1. The Hall–Kier alpha value is -1.68. The molecular formula is C18H28F3N3O3. The molecule has 1 aliphatic heterocycles. The minimum Gasteiger partial charge on any atom is -0.475 e. The van der Waals surface area contributed by atoms with Crippen molar-refractivity contribution in [3.05, 3.63) is 35.9 Å². The zero-order valence-corrected chi connectivity index (χ0v) is 15.5. The molecular weight excluding hydrogens is 363 g/mol. The van der Waals surface area contributed by atoms with E-state index in [1.54, 1.807) is 0 Å². The van der Waals surface area contributed by atoms with E-state index in [2.05, 4.69) is 34.5 Å². The van der Waals surface area contributed by atoms with E-state index in [-0.39, 0.29) is 0 Å². The molecule has 1 saturated heterocycles. The molecule has 0 bridgehead atoms. The molecule has 1 heterocycles. The number of likely N-dealkylation sites (tertiary alicyclic amines) is 1. The van der Waals surface area contributed by atoms with Crippen LogP contribution in [0.5, 0.6) is 0 Å². The Labute approximate surface area is 157 Å². The zero-order valence-electron chi connectivity index (χ0n) is 15.5. The van der Waals surface area contributed by atoms with E-state index < -0.39 is 17.7 Å². The molecule has 2 rings (SSSR count). The Morgan fingerprint density at radius 1 is 1.30 bits per heavy atom. The van der Waals surface area contributed by atoms with Crippen LogP contribution in [0.4, 0.5) is 13.2 Å². The van der Waals surface area contributed by atoms with Gasteiger partial charge >= 0.3 is 12.1 Å². The van der Waals surface area contributed by atoms with E-state index in [0.717, 1.165) is 13.1 Å². The molecule has 1 aromatic carbocycles. The smallest absolute Gasteiger partial charge is 0.475 e. The lowest BCUT2D eigenvalue weighted by Crippen LogP contribution is -2.46. The molecule has 0 spiro atoms. The Morgan fingerprint density at radius 2 is 1.85 bits per heavy atom. The van der Waals surface area contributed by atoms with Crippen molar-refractivity contribution in [2.75, 3.05) is 39.8 Å². The van der Waals surface area contributed by atoms with E-state index in [4.69, 9.17) is 15.6 Å². The van der Waals surface area contributed by atoms with Gasteiger partial charge in [0.15, 0.2) is 0 Å². The molecule has 0 radical (unpaired) electrons. The summed E-state index contributed by atoms with van der Waals surface area (Å²) in [7, 11) is 1.87. The first-order valence-corrected chi connectivity index (χ1v) is 8.64. The van der Waals surface area contributed by atoms with Crippen LogP contribution in [0.1, 0.15) is 18.4 Å². The summed E-state index contributed by atoms with van der Waals surface area (Å²) in [5.41, 5.74) is 6.61. The number of β-amino-alcohol motifs (C(OH)–C–C–N with tert-alkyl or cyclic N) is 1. The van der Waals surface area contributed by atoms with E-state index in [0.29, 0.717) is 31.5 Å². The predicted molar refractivity (Wildman–Crippen MR) is 96.4 cm³/mol. The lowest BCUT2D eigenvalue weighted by Gasteiger charge is -2.28. The monoisotopic (exact) mass is 391 g/mol. The van der Waals surface area contributed by atoms with E-state index in [1.165, 1.54) is 5.56 Å². The third kappa shape index (κ3) is 7.84. The number of likely N-dealkylation sites (N-methyl/N-ethyl adjacent to an activating group) is 1. The van der Waals surface area contributed by atoms with Gasteiger partial charge in [0.25, 0.3) is 0 Å². The maximum absolute atomic E-state index is 10.6.